The number of hydrogen-bond acceptors (Lipinski definition) is 2. The van der Waals surface area contributed by atoms with Gasteiger partial charge < -0.3 is 9.84 Å². The van der Waals surface area contributed by atoms with Crippen molar-refractivity contribution in [3.05, 3.63) is 42.0 Å². The molecule has 0 aromatic heterocycles. The molecule has 1 aliphatic carbocycles. The fourth-order valence-corrected chi connectivity index (χ4v) is 2.09. The van der Waals surface area contributed by atoms with E-state index in [9.17, 15) is 5.11 Å². The fraction of sp³-hybridized carbons (Fsp3) is 0.412. The van der Waals surface area contributed by atoms with E-state index in [0.717, 1.165) is 24.0 Å². The van der Waals surface area contributed by atoms with Crippen LogP contribution >= 0.6 is 0 Å². The van der Waals surface area contributed by atoms with Crippen LogP contribution in [0.5, 0.6) is 0 Å². The van der Waals surface area contributed by atoms with Crippen LogP contribution in [0.3, 0.4) is 0 Å². The van der Waals surface area contributed by atoms with Crippen LogP contribution in [-0.4, -0.2) is 11.2 Å². The molecule has 1 aliphatic rings. The Balaban J connectivity index is 1.88. The summed E-state index contributed by atoms with van der Waals surface area (Å²) in [5.74, 6) is 6.47. The van der Waals surface area contributed by atoms with Crippen LogP contribution < -0.4 is 0 Å². The number of benzene rings is 1. The van der Waals surface area contributed by atoms with E-state index in [1.807, 2.05) is 24.3 Å². The molecule has 1 atom stereocenters. The molecule has 1 aromatic carbocycles. The zero-order valence-corrected chi connectivity index (χ0v) is 11.2. The molecule has 2 rings (SSSR count). The summed E-state index contributed by atoms with van der Waals surface area (Å²) in [6, 6.07) is 7.61. The summed E-state index contributed by atoms with van der Waals surface area (Å²) in [4.78, 5) is 0. The molecule has 100 valence electrons. The van der Waals surface area contributed by atoms with Gasteiger partial charge in [-0.05, 0) is 24.8 Å². The van der Waals surface area contributed by atoms with Gasteiger partial charge in [-0.25, -0.2) is 0 Å². The van der Waals surface area contributed by atoms with Gasteiger partial charge in [0, 0.05) is 12.0 Å². The second kappa shape index (κ2) is 7.01. The van der Waals surface area contributed by atoms with Crippen LogP contribution in [0, 0.1) is 11.8 Å². The van der Waals surface area contributed by atoms with Crippen LogP contribution in [0.25, 0.3) is 5.76 Å². The van der Waals surface area contributed by atoms with Crippen LogP contribution in [0.15, 0.2) is 30.8 Å². The Hall–Kier alpha value is -1.72. The lowest BCUT2D eigenvalue weighted by Crippen LogP contribution is -2.11. The number of aliphatic hydroxyl groups is 1. The lowest BCUT2D eigenvalue weighted by Gasteiger charge is -2.14. The minimum atomic E-state index is 0.0628. The monoisotopic (exact) mass is 256 g/mol. The van der Waals surface area contributed by atoms with Crippen molar-refractivity contribution in [1.29, 1.82) is 0 Å². The van der Waals surface area contributed by atoms with Gasteiger partial charge in [-0.2, -0.15) is 0 Å². The molecule has 19 heavy (non-hydrogen) atoms. The summed E-state index contributed by atoms with van der Waals surface area (Å²) in [5, 5.41) is 9.26. The van der Waals surface area contributed by atoms with Crippen molar-refractivity contribution >= 4 is 5.76 Å². The predicted molar refractivity (Wildman–Crippen MR) is 77.5 cm³/mol. The van der Waals surface area contributed by atoms with E-state index < -0.39 is 0 Å². The molecule has 2 heteroatoms. The number of aliphatic hydroxyl groups excluding tert-OH is 1. The number of ether oxygens (including phenoxy) is 1. The summed E-state index contributed by atoms with van der Waals surface area (Å²) in [6.45, 7) is 4.07. The van der Waals surface area contributed by atoms with E-state index in [4.69, 9.17) is 4.74 Å². The highest BCUT2D eigenvalue weighted by atomic mass is 16.5. The van der Waals surface area contributed by atoms with Crippen molar-refractivity contribution < 1.29 is 9.84 Å². The predicted octanol–water partition coefficient (Wildman–Crippen LogP) is 4.07. The molecule has 0 fully saturated rings. The van der Waals surface area contributed by atoms with Gasteiger partial charge in [0.25, 0.3) is 0 Å². The Bertz CT molecular complexity index is 476. The first-order chi connectivity index (χ1) is 9.25. The topological polar surface area (TPSA) is 29.5 Å². The quantitative estimate of drug-likeness (QED) is 0.650. The summed E-state index contributed by atoms with van der Waals surface area (Å²) in [6.07, 6.45) is 5.75. The largest absolute Gasteiger partial charge is 0.508 e. The van der Waals surface area contributed by atoms with Gasteiger partial charge in [0.15, 0.2) is 0 Å². The van der Waals surface area contributed by atoms with Gasteiger partial charge in [-0.15, -0.1) is 5.92 Å². The number of hydrogen-bond donors (Lipinski definition) is 1. The lowest BCUT2D eigenvalue weighted by molar-refractivity contribution is 0.0704. The first-order valence-corrected chi connectivity index (χ1v) is 6.83. The zero-order valence-electron chi connectivity index (χ0n) is 11.2. The van der Waals surface area contributed by atoms with Gasteiger partial charge in [0.1, 0.15) is 11.9 Å². The third kappa shape index (κ3) is 4.46. The Labute approximate surface area is 115 Å². The molecule has 0 saturated heterocycles. The Morgan fingerprint density at radius 3 is 2.79 bits per heavy atom. The van der Waals surface area contributed by atoms with Gasteiger partial charge >= 0.3 is 0 Å². The van der Waals surface area contributed by atoms with Gasteiger partial charge in [0.2, 0.25) is 0 Å². The highest BCUT2D eigenvalue weighted by Gasteiger charge is 2.07. The highest BCUT2D eigenvalue weighted by molar-refractivity contribution is 5.55. The third-order valence-electron chi connectivity index (χ3n) is 3.27. The van der Waals surface area contributed by atoms with Gasteiger partial charge in [-0.1, -0.05) is 43.2 Å². The second-order valence-corrected chi connectivity index (χ2v) is 4.86. The first-order valence-electron chi connectivity index (χ1n) is 6.83. The maximum atomic E-state index is 9.26. The molecule has 0 aliphatic heterocycles. The van der Waals surface area contributed by atoms with Crippen LogP contribution in [0.1, 0.15) is 43.2 Å². The van der Waals surface area contributed by atoms with Crippen molar-refractivity contribution in [1.82, 2.24) is 0 Å². The van der Waals surface area contributed by atoms with Crippen molar-refractivity contribution in [2.24, 2.45) is 0 Å². The highest BCUT2D eigenvalue weighted by Crippen LogP contribution is 2.15. The SMILES string of the molecule is C=C(O)c1ccc(COC2C#CCCCCC2)cc1. The van der Waals surface area contributed by atoms with Gasteiger partial charge in [-0.3, -0.25) is 0 Å². The molecule has 1 unspecified atom stereocenters. The third-order valence-corrected chi connectivity index (χ3v) is 3.27. The molecular weight excluding hydrogens is 236 g/mol. The smallest absolute Gasteiger partial charge is 0.118 e. The molecule has 0 spiro atoms. The van der Waals surface area contributed by atoms with Crippen LogP contribution in [-0.2, 0) is 11.3 Å². The van der Waals surface area contributed by atoms with E-state index in [1.54, 1.807) is 0 Å². The summed E-state index contributed by atoms with van der Waals surface area (Å²) in [5.41, 5.74) is 1.84. The minimum Gasteiger partial charge on any atom is -0.508 e. The Morgan fingerprint density at radius 1 is 1.26 bits per heavy atom. The molecule has 0 bridgehead atoms. The maximum Gasteiger partial charge on any atom is 0.118 e. The molecular formula is C17H20O2. The molecule has 0 amide bonds. The Kier molecular flexibility index (Phi) is 5.06. The van der Waals surface area contributed by atoms with Crippen LogP contribution in [0.2, 0.25) is 0 Å². The van der Waals surface area contributed by atoms with Gasteiger partial charge in [0.05, 0.1) is 6.61 Å². The van der Waals surface area contributed by atoms with Crippen molar-refractivity contribution in [2.45, 2.75) is 44.8 Å². The molecule has 2 nitrogen and oxygen atoms in total. The fourth-order valence-electron chi connectivity index (χ4n) is 2.09. The molecule has 0 radical (unpaired) electrons. The molecule has 1 N–H and O–H groups in total. The van der Waals surface area contributed by atoms with Crippen molar-refractivity contribution in [3.8, 4) is 11.8 Å². The zero-order chi connectivity index (χ0) is 13.5. The normalized spacial score (nSPS) is 18.8. The summed E-state index contributed by atoms with van der Waals surface area (Å²) in [7, 11) is 0. The van der Waals surface area contributed by atoms with Crippen molar-refractivity contribution in [3.63, 3.8) is 0 Å². The van der Waals surface area contributed by atoms with E-state index in [2.05, 4.69) is 18.4 Å². The summed E-state index contributed by atoms with van der Waals surface area (Å²) < 4.78 is 5.85. The maximum absolute atomic E-state index is 9.26. The van der Waals surface area contributed by atoms with Crippen molar-refractivity contribution in [2.75, 3.05) is 0 Å². The lowest BCUT2D eigenvalue weighted by atomic mass is 10.1. The number of rotatable bonds is 4. The average molecular weight is 256 g/mol. The molecule has 1 aromatic rings. The average Bonchev–Trinajstić information content (AvgIpc) is 2.38. The minimum absolute atomic E-state index is 0.0628. The summed E-state index contributed by atoms with van der Waals surface area (Å²) >= 11 is 0. The molecule has 0 saturated carbocycles. The van der Waals surface area contributed by atoms with E-state index in [0.29, 0.717) is 6.61 Å². The van der Waals surface area contributed by atoms with E-state index in [-0.39, 0.29) is 11.9 Å². The van der Waals surface area contributed by atoms with Crippen LogP contribution in [0.4, 0.5) is 0 Å². The first kappa shape index (κ1) is 13.7. The molecule has 0 heterocycles. The Morgan fingerprint density at radius 2 is 2.05 bits per heavy atom. The van der Waals surface area contributed by atoms with E-state index >= 15 is 0 Å². The van der Waals surface area contributed by atoms with E-state index in [1.165, 1.54) is 19.3 Å². The standard InChI is InChI=1S/C17H20O2/c1-14(18)16-11-9-15(10-12-16)13-19-17-7-5-3-2-4-6-8-17/h9-12,17-18H,1-5,7,13H2. The second-order valence-electron chi connectivity index (χ2n) is 4.86.